The molecule has 2 aromatic heterocycles. The number of aryl methyl sites for hydroxylation is 1. The Morgan fingerprint density at radius 3 is 2.77 bits per heavy atom. The number of thiazole rings is 1. The van der Waals surface area contributed by atoms with Crippen LogP contribution in [0.15, 0.2) is 53.1 Å². The van der Waals surface area contributed by atoms with E-state index in [9.17, 15) is 9.59 Å². The Balaban J connectivity index is 1.32. The van der Waals surface area contributed by atoms with E-state index >= 15 is 0 Å². The number of benzene rings is 2. The molecule has 0 radical (unpaired) electrons. The van der Waals surface area contributed by atoms with Gasteiger partial charge in [-0.2, -0.15) is 0 Å². The Kier molecular flexibility index (Phi) is 4.55. The smallest absolute Gasteiger partial charge is 0.279 e. The molecular formula is C22H18N4O3S. The molecule has 8 heteroatoms. The lowest BCUT2D eigenvalue weighted by Crippen LogP contribution is -2.35. The molecule has 2 aromatic carbocycles. The molecule has 0 atom stereocenters. The molecule has 0 fully saturated rings. The third kappa shape index (κ3) is 3.46. The van der Waals surface area contributed by atoms with Gasteiger partial charge in [-0.05, 0) is 29.8 Å². The van der Waals surface area contributed by atoms with Crippen molar-refractivity contribution in [1.29, 1.82) is 0 Å². The summed E-state index contributed by atoms with van der Waals surface area (Å²) < 4.78 is 4.94. The van der Waals surface area contributed by atoms with E-state index in [4.69, 9.17) is 4.52 Å². The first-order chi connectivity index (χ1) is 14.6. The van der Waals surface area contributed by atoms with E-state index in [1.54, 1.807) is 13.0 Å². The number of amides is 2. The van der Waals surface area contributed by atoms with Gasteiger partial charge in [-0.15, -0.1) is 0 Å². The molecule has 3 heterocycles. The van der Waals surface area contributed by atoms with Crippen molar-refractivity contribution >= 4 is 39.1 Å². The summed E-state index contributed by atoms with van der Waals surface area (Å²) in [6, 6.07) is 15.4. The minimum absolute atomic E-state index is 0.00320. The van der Waals surface area contributed by atoms with Crippen LogP contribution < -0.4 is 5.32 Å². The van der Waals surface area contributed by atoms with Gasteiger partial charge in [-0.1, -0.05) is 46.8 Å². The van der Waals surface area contributed by atoms with Gasteiger partial charge >= 0.3 is 0 Å². The molecule has 0 saturated carbocycles. The molecule has 0 saturated heterocycles. The first-order valence-corrected chi connectivity index (χ1v) is 10.4. The fraction of sp³-hybridized carbons (Fsp3) is 0.182. The van der Waals surface area contributed by atoms with Crippen molar-refractivity contribution in [3.05, 3.63) is 76.1 Å². The molecule has 1 N–H and O–H groups in total. The standard InChI is InChI=1S/C22H18N4O3S/c1-13-10-18(25-29-13)20(27)24-22-23-17-8-9-26(12-19(17)30-22)21(28)16-7-6-14-4-2-3-5-15(14)11-16/h2-7,10-11H,8-9,12H2,1H3,(H,23,24,27). The van der Waals surface area contributed by atoms with Crippen LogP contribution in [-0.2, 0) is 13.0 Å². The number of hydrogen-bond donors (Lipinski definition) is 1. The number of rotatable bonds is 3. The van der Waals surface area contributed by atoms with Crippen LogP contribution in [0.1, 0.15) is 37.2 Å². The lowest BCUT2D eigenvalue weighted by atomic mass is 10.1. The summed E-state index contributed by atoms with van der Waals surface area (Å²) in [5.41, 5.74) is 1.82. The van der Waals surface area contributed by atoms with E-state index in [2.05, 4.69) is 15.5 Å². The molecule has 1 aliphatic heterocycles. The quantitative estimate of drug-likeness (QED) is 0.542. The summed E-state index contributed by atoms with van der Waals surface area (Å²) in [5.74, 6) is 0.215. The number of carbonyl (C=O) groups is 2. The molecule has 5 rings (SSSR count). The van der Waals surface area contributed by atoms with Gasteiger partial charge in [0.05, 0.1) is 12.2 Å². The molecule has 4 aromatic rings. The fourth-order valence-electron chi connectivity index (χ4n) is 3.56. The van der Waals surface area contributed by atoms with E-state index in [-0.39, 0.29) is 17.5 Å². The molecule has 7 nitrogen and oxygen atoms in total. The van der Waals surface area contributed by atoms with Crippen LogP contribution in [0.3, 0.4) is 0 Å². The number of fused-ring (bicyclic) bond motifs is 2. The zero-order valence-corrected chi connectivity index (χ0v) is 17.0. The van der Waals surface area contributed by atoms with Gasteiger partial charge in [-0.25, -0.2) is 4.98 Å². The lowest BCUT2D eigenvalue weighted by molar-refractivity contribution is 0.0736. The Morgan fingerprint density at radius 1 is 1.13 bits per heavy atom. The van der Waals surface area contributed by atoms with Crippen molar-refractivity contribution in [2.24, 2.45) is 0 Å². The number of anilines is 1. The number of hydrogen-bond acceptors (Lipinski definition) is 6. The zero-order chi connectivity index (χ0) is 20.7. The second-order valence-electron chi connectivity index (χ2n) is 7.20. The largest absolute Gasteiger partial charge is 0.361 e. The Labute approximate surface area is 176 Å². The monoisotopic (exact) mass is 418 g/mol. The van der Waals surface area contributed by atoms with E-state index in [1.807, 2.05) is 47.4 Å². The minimum atomic E-state index is -0.359. The Hall–Kier alpha value is -3.52. The summed E-state index contributed by atoms with van der Waals surface area (Å²) >= 11 is 1.39. The number of aromatic nitrogens is 2. The first-order valence-electron chi connectivity index (χ1n) is 9.58. The lowest BCUT2D eigenvalue weighted by Gasteiger charge is -2.26. The molecule has 30 heavy (non-hydrogen) atoms. The topological polar surface area (TPSA) is 88.3 Å². The van der Waals surface area contributed by atoms with Gasteiger partial charge in [0.25, 0.3) is 11.8 Å². The van der Waals surface area contributed by atoms with Crippen LogP contribution in [0.25, 0.3) is 10.8 Å². The molecule has 2 amide bonds. The SMILES string of the molecule is Cc1cc(C(=O)Nc2nc3c(s2)CN(C(=O)c2ccc4ccccc4c2)CC3)no1. The zero-order valence-electron chi connectivity index (χ0n) is 16.2. The van der Waals surface area contributed by atoms with E-state index in [1.165, 1.54) is 11.3 Å². The number of nitrogens with one attached hydrogen (secondary N) is 1. The van der Waals surface area contributed by atoms with Crippen LogP contribution in [0.2, 0.25) is 0 Å². The average Bonchev–Trinajstić information content (AvgIpc) is 3.37. The normalized spacial score (nSPS) is 13.3. The van der Waals surface area contributed by atoms with Gasteiger partial charge in [0.1, 0.15) is 5.76 Å². The van der Waals surface area contributed by atoms with Crippen molar-refractivity contribution in [3.8, 4) is 0 Å². The number of nitrogens with zero attached hydrogens (tertiary/aromatic N) is 3. The fourth-order valence-corrected chi connectivity index (χ4v) is 4.58. The second kappa shape index (κ2) is 7.38. The van der Waals surface area contributed by atoms with E-state index in [0.29, 0.717) is 36.0 Å². The molecule has 150 valence electrons. The summed E-state index contributed by atoms with van der Waals surface area (Å²) in [4.78, 5) is 32.7. The highest BCUT2D eigenvalue weighted by Gasteiger charge is 2.26. The summed E-state index contributed by atoms with van der Waals surface area (Å²) in [7, 11) is 0. The number of carbonyl (C=O) groups excluding carboxylic acids is 2. The van der Waals surface area contributed by atoms with Crippen molar-refractivity contribution in [2.75, 3.05) is 11.9 Å². The van der Waals surface area contributed by atoms with Crippen LogP contribution in [0, 0.1) is 6.92 Å². The summed E-state index contributed by atoms with van der Waals surface area (Å²) in [5, 5.41) is 9.15. The van der Waals surface area contributed by atoms with Crippen molar-refractivity contribution in [1.82, 2.24) is 15.0 Å². The molecule has 0 aliphatic carbocycles. The van der Waals surface area contributed by atoms with E-state index in [0.717, 1.165) is 21.3 Å². The van der Waals surface area contributed by atoms with Crippen LogP contribution in [-0.4, -0.2) is 33.4 Å². The maximum Gasteiger partial charge on any atom is 0.279 e. The Morgan fingerprint density at radius 2 is 1.97 bits per heavy atom. The van der Waals surface area contributed by atoms with Gasteiger partial charge in [0.15, 0.2) is 10.8 Å². The predicted molar refractivity (Wildman–Crippen MR) is 114 cm³/mol. The molecule has 0 bridgehead atoms. The van der Waals surface area contributed by atoms with Crippen LogP contribution in [0.5, 0.6) is 0 Å². The van der Waals surface area contributed by atoms with Crippen molar-refractivity contribution < 1.29 is 14.1 Å². The van der Waals surface area contributed by atoms with E-state index < -0.39 is 0 Å². The maximum atomic E-state index is 13.0. The molecule has 0 spiro atoms. The highest BCUT2D eigenvalue weighted by molar-refractivity contribution is 7.15. The van der Waals surface area contributed by atoms with Crippen molar-refractivity contribution in [3.63, 3.8) is 0 Å². The Bertz CT molecular complexity index is 1280. The summed E-state index contributed by atoms with van der Waals surface area (Å²) in [6.45, 7) is 2.81. The van der Waals surface area contributed by atoms with Crippen LogP contribution in [0.4, 0.5) is 5.13 Å². The average molecular weight is 418 g/mol. The highest BCUT2D eigenvalue weighted by atomic mass is 32.1. The highest BCUT2D eigenvalue weighted by Crippen LogP contribution is 2.29. The molecular weight excluding hydrogens is 400 g/mol. The first kappa shape index (κ1) is 18.5. The predicted octanol–water partition coefficient (Wildman–Crippen LogP) is 4.04. The minimum Gasteiger partial charge on any atom is -0.361 e. The van der Waals surface area contributed by atoms with Gasteiger partial charge in [0.2, 0.25) is 0 Å². The molecule has 0 unspecified atom stereocenters. The van der Waals surface area contributed by atoms with Gasteiger partial charge < -0.3 is 9.42 Å². The van der Waals surface area contributed by atoms with Crippen molar-refractivity contribution in [2.45, 2.75) is 19.9 Å². The maximum absolute atomic E-state index is 13.0. The molecule has 1 aliphatic rings. The van der Waals surface area contributed by atoms with Gasteiger partial charge in [-0.3, -0.25) is 14.9 Å². The third-order valence-corrected chi connectivity index (χ3v) is 6.09. The summed E-state index contributed by atoms with van der Waals surface area (Å²) in [6.07, 6.45) is 0.657. The van der Waals surface area contributed by atoms with Gasteiger partial charge in [0, 0.05) is 29.5 Å². The third-order valence-electron chi connectivity index (χ3n) is 5.10. The van der Waals surface area contributed by atoms with Crippen LogP contribution >= 0.6 is 11.3 Å². The second-order valence-corrected chi connectivity index (χ2v) is 8.29.